The van der Waals surface area contributed by atoms with Crippen LogP contribution in [0.2, 0.25) is 0 Å². The summed E-state index contributed by atoms with van der Waals surface area (Å²) >= 11 is 0. The third-order valence-corrected chi connectivity index (χ3v) is 4.73. The van der Waals surface area contributed by atoms with Crippen molar-refractivity contribution in [2.45, 2.75) is 52.2 Å². The molecule has 1 aliphatic heterocycles. The zero-order chi connectivity index (χ0) is 20.9. The Hall–Kier alpha value is -1.99. The normalized spacial score (nSPS) is 17.8. The van der Waals surface area contributed by atoms with E-state index < -0.39 is 0 Å². The van der Waals surface area contributed by atoms with E-state index in [2.05, 4.69) is 28.6 Å². The molecule has 0 amide bonds. The van der Waals surface area contributed by atoms with Crippen LogP contribution in [0.25, 0.3) is 0 Å². The van der Waals surface area contributed by atoms with Gasteiger partial charge in [-0.2, -0.15) is 0 Å². The lowest BCUT2D eigenvalue weighted by atomic mass is 10.1. The molecule has 7 heteroatoms. The van der Waals surface area contributed by atoms with Gasteiger partial charge in [-0.3, -0.25) is 4.99 Å². The van der Waals surface area contributed by atoms with Crippen LogP contribution in [0.1, 0.15) is 51.6 Å². The van der Waals surface area contributed by atoms with E-state index in [0.717, 1.165) is 62.0 Å². The minimum Gasteiger partial charge on any atom is -0.490 e. The zero-order valence-corrected chi connectivity index (χ0v) is 18.3. The molecule has 1 aliphatic rings. The van der Waals surface area contributed by atoms with Crippen LogP contribution in [0.3, 0.4) is 0 Å². The lowest BCUT2D eigenvalue weighted by Crippen LogP contribution is -2.39. The van der Waals surface area contributed by atoms with Gasteiger partial charge in [0, 0.05) is 26.8 Å². The Labute approximate surface area is 175 Å². The van der Waals surface area contributed by atoms with Gasteiger partial charge >= 0.3 is 0 Å². The minimum atomic E-state index is 0.0758. The molecule has 1 aromatic rings. The Kier molecular flexibility index (Phi) is 10.7. The summed E-state index contributed by atoms with van der Waals surface area (Å²) in [7, 11) is 1.78. The van der Waals surface area contributed by atoms with Gasteiger partial charge in [0.05, 0.1) is 32.0 Å². The highest BCUT2D eigenvalue weighted by Crippen LogP contribution is 2.30. The Morgan fingerprint density at radius 2 is 2.03 bits per heavy atom. The van der Waals surface area contributed by atoms with Gasteiger partial charge < -0.3 is 29.6 Å². The smallest absolute Gasteiger partial charge is 0.191 e. The first-order chi connectivity index (χ1) is 14.2. The molecular formula is C22H37N3O4. The van der Waals surface area contributed by atoms with Crippen molar-refractivity contribution in [3.8, 4) is 11.5 Å². The van der Waals surface area contributed by atoms with Crippen molar-refractivity contribution in [2.75, 3.05) is 46.6 Å². The highest BCUT2D eigenvalue weighted by Gasteiger charge is 2.15. The number of hydrogen-bond acceptors (Lipinski definition) is 5. The summed E-state index contributed by atoms with van der Waals surface area (Å²) in [6.45, 7) is 10.3. The predicted molar refractivity (Wildman–Crippen MR) is 116 cm³/mol. The molecule has 2 rings (SSSR count). The van der Waals surface area contributed by atoms with Gasteiger partial charge in [-0.1, -0.05) is 6.07 Å². The molecule has 164 valence electrons. The van der Waals surface area contributed by atoms with Gasteiger partial charge in [0.2, 0.25) is 0 Å². The van der Waals surface area contributed by atoms with Crippen LogP contribution in [0, 0.1) is 0 Å². The number of hydrogen-bond donors (Lipinski definition) is 2. The topological polar surface area (TPSA) is 73.3 Å². The van der Waals surface area contributed by atoms with Gasteiger partial charge in [0.1, 0.15) is 0 Å². The lowest BCUT2D eigenvalue weighted by molar-refractivity contribution is 0.0168. The van der Waals surface area contributed by atoms with Crippen LogP contribution < -0.4 is 20.1 Å². The first-order valence-corrected chi connectivity index (χ1v) is 10.7. The van der Waals surface area contributed by atoms with Crippen molar-refractivity contribution in [1.82, 2.24) is 10.6 Å². The van der Waals surface area contributed by atoms with E-state index >= 15 is 0 Å². The maximum atomic E-state index is 5.73. The molecule has 1 fully saturated rings. The first kappa shape index (κ1) is 23.3. The maximum absolute atomic E-state index is 5.73. The summed E-state index contributed by atoms with van der Waals surface area (Å²) in [5, 5.41) is 6.76. The molecular weight excluding hydrogens is 370 g/mol. The molecule has 2 N–H and O–H groups in total. The monoisotopic (exact) mass is 407 g/mol. The van der Waals surface area contributed by atoms with E-state index in [0.29, 0.717) is 19.8 Å². The van der Waals surface area contributed by atoms with Crippen LogP contribution >= 0.6 is 0 Å². The van der Waals surface area contributed by atoms with E-state index in [1.54, 1.807) is 7.05 Å². The quantitative estimate of drug-likeness (QED) is 0.315. The van der Waals surface area contributed by atoms with E-state index in [9.17, 15) is 0 Å². The number of aliphatic imine (C=N–C) groups is 1. The minimum absolute atomic E-state index is 0.0758. The Bertz CT molecular complexity index is 618. The molecule has 0 aliphatic carbocycles. The molecule has 29 heavy (non-hydrogen) atoms. The number of ether oxygens (including phenoxy) is 4. The summed E-state index contributed by atoms with van der Waals surface area (Å²) in [5.74, 6) is 2.31. The van der Waals surface area contributed by atoms with Crippen LogP contribution in [0.4, 0.5) is 0 Å². The third-order valence-electron chi connectivity index (χ3n) is 4.73. The number of benzene rings is 1. The summed E-state index contributed by atoms with van der Waals surface area (Å²) in [6.07, 6.45) is 3.47. The van der Waals surface area contributed by atoms with Crippen molar-refractivity contribution >= 4 is 5.96 Å². The van der Waals surface area contributed by atoms with E-state index in [1.165, 1.54) is 0 Å². The Morgan fingerprint density at radius 3 is 2.72 bits per heavy atom. The number of rotatable bonds is 12. The van der Waals surface area contributed by atoms with E-state index in [-0.39, 0.29) is 12.1 Å². The number of guanidine groups is 1. The second-order valence-electron chi connectivity index (χ2n) is 7.00. The van der Waals surface area contributed by atoms with Gasteiger partial charge in [0.15, 0.2) is 17.5 Å². The van der Waals surface area contributed by atoms with Gasteiger partial charge in [0.25, 0.3) is 0 Å². The summed E-state index contributed by atoms with van der Waals surface area (Å²) in [6, 6.07) is 6.12. The molecule has 1 heterocycles. The fraction of sp³-hybridized carbons (Fsp3) is 0.682. The van der Waals surface area contributed by atoms with Crippen LogP contribution in [0.5, 0.6) is 11.5 Å². The van der Waals surface area contributed by atoms with Crippen molar-refractivity contribution in [1.29, 1.82) is 0 Å². The second-order valence-corrected chi connectivity index (χ2v) is 7.00. The average Bonchev–Trinajstić information content (AvgIpc) is 3.24. The summed E-state index contributed by atoms with van der Waals surface area (Å²) in [4.78, 5) is 4.32. The fourth-order valence-electron chi connectivity index (χ4n) is 3.19. The molecule has 0 aromatic heterocycles. The largest absolute Gasteiger partial charge is 0.490 e. The van der Waals surface area contributed by atoms with Gasteiger partial charge in [-0.05, 0) is 57.7 Å². The molecule has 0 saturated carbocycles. The fourth-order valence-corrected chi connectivity index (χ4v) is 3.19. The summed E-state index contributed by atoms with van der Waals surface area (Å²) in [5.41, 5.74) is 1.11. The highest BCUT2D eigenvalue weighted by atomic mass is 16.5. The maximum Gasteiger partial charge on any atom is 0.191 e. The van der Waals surface area contributed by atoms with Crippen molar-refractivity contribution in [3.63, 3.8) is 0 Å². The molecule has 1 aromatic carbocycles. The molecule has 2 atom stereocenters. The van der Waals surface area contributed by atoms with Crippen LogP contribution in [-0.2, 0) is 9.47 Å². The lowest BCUT2D eigenvalue weighted by Gasteiger charge is -2.20. The Morgan fingerprint density at radius 1 is 1.24 bits per heavy atom. The van der Waals surface area contributed by atoms with Crippen LogP contribution in [-0.4, -0.2) is 58.7 Å². The summed E-state index contributed by atoms with van der Waals surface area (Å²) < 4.78 is 22.6. The molecule has 1 saturated heterocycles. The van der Waals surface area contributed by atoms with Crippen molar-refractivity contribution in [2.24, 2.45) is 4.99 Å². The van der Waals surface area contributed by atoms with Crippen molar-refractivity contribution < 1.29 is 18.9 Å². The SMILES string of the molecule is CCOc1ccc(C(C)NC(=NC)NCCCOCC2CCCO2)cc1OCC. The molecule has 0 radical (unpaired) electrons. The molecule has 7 nitrogen and oxygen atoms in total. The van der Waals surface area contributed by atoms with Gasteiger partial charge in [-0.25, -0.2) is 0 Å². The number of nitrogens with zero attached hydrogens (tertiary/aromatic N) is 1. The standard InChI is InChI=1S/C22H37N3O4/c1-5-27-20-11-10-18(15-21(20)28-6-2)17(3)25-22(23-4)24-12-8-13-26-16-19-9-7-14-29-19/h10-11,15,17,19H,5-9,12-14,16H2,1-4H3,(H2,23,24,25). The van der Waals surface area contributed by atoms with E-state index in [1.807, 2.05) is 26.0 Å². The van der Waals surface area contributed by atoms with Crippen molar-refractivity contribution in [3.05, 3.63) is 23.8 Å². The van der Waals surface area contributed by atoms with E-state index in [4.69, 9.17) is 18.9 Å². The second kappa shape index (κ2) is 13.3. The number of nitrogens with one attached hydrogen (secondary N) is 2. The highest BCUT2D eigenvalue weighted by molar-refractivity contribution is 5.80. The first-order valence-electron chi connectivity index (χ1n) is 10.7. The average molecular weight is 408 g/mol. The Balaban J connectivity index is 1.75. The van der Waals surface area contributed by atoms with Crippen LogP contribution in [0.15, 0.2) is 23.2 Å². The zero-order valence-electron chi connectivity index (χ0n) is 18.3. The molecule has 0 bridgehead atoms. The molecule has 0 spiro atoms. The van der Waals surface area contributed by atoms with Gasteiger partial charge in [-0.15, -0.1) is 0 Å². The predicted octanol–water partition coefficient (Wildman–Crippen LogP) is 3.30. The third kappa shape index (κ3) is 8.11. The molecule has 2 unspecified atom stereocenters.